The number of hydrogen-bond acceptors (Lipinski definition) is 6. The van der Waals surface area contributed by atoms with Crippen molar-refractivity contribution in [3.8, 4) is 11.8 Å². The minimum Gasteiger partial charge on any atom is -0.378 e. The van der Waals surface area contributed by atoms with Crippen molar-refractivity contribution in [3.63, 3.8) is 0 Å². The van der Waals surface area contributed by atoms with Crippen LogP contribution < -0.4 is 19.6 Å². The summed E-state index contributed by atoms with van der Waals surface area (Å²) >= 11 is 0. The molecule has 0 aliphatic heterocycles. The molecule has 0 unspecified atom stereocenters. The molecule has 0 bridgehead atoms. The van der Waals surface area contributed by atoms with Crippen molar-refractivity contribution in [2.24, 2.45) is 0 Å². The Balaban J connectivity index is 1.92. The molecule has 0 amide bonds. The SMILES string of the molecule is CN(C)c1ccc(C(O)(C#CC(O)(c2ccc(N(C)C)cc2)c2ccc(N(C)C)cc2)c2ccc(N(C)C)cc2)cc1. The first-order chi connectivity index (χ1) is 19.8. The zero-order valence-electron chi connectivity index (χ0n) is 25.9. The Morgan fingerprint density at radius 2 is 0.524 bits per heavy atom. The lowest BCUT2D eigenvalue weighted by atomic mass is 9.82. The molecule has 0 fully saturated rings. The molecular formula is C36H42N4O2. The largest absolute Gasteiger partial charge is 0.378 e. The van der Waals surface area contributed by atoms with Gasteiger partial charge in [0.1, 0.15) is 0 Å². The van der Waals surface area contributed by atoms with Crippen LogP contribution >= 0.6 is 0 Å². The predicted octanol–water partition coefficient (Wildman–Crippen LogP) is 5.13. The van der Waals surface area contributed by atoms with Crippen LogP contribution in [0.3, 0.4) is 0 Å². The van der Waals surface area contributed by atoms with E-state index < -0.39 is 11.2 Å². The van der Waals surface area contributed by atoms with Crippen LogP contribution in [0.5, 0.6) is 0 Å². The normalized spacial score (nSPS) is 11.4. The molecule has 0 aliphatic rings. The zero-order valence-corrected chi connectivity index (χ0v) is 25.9. The van der Waals surface area contributed by atoms with Gasteiger partial charge < -0.3 is 29.8 Å². The fourth-order valence-electron chi connectivity index (χ4n) is 4.81. The van der Waals surface area contributed by atoms with Gasteiger partial charge in [-0.05, 0) is 48.5 Å². The average molecular weight is 563 g/mol. The molecule has 6 heteroatoms. The van der Waals surface area contributed by atoms with Gasteiger partial charge >= 0.3 is 0 Å². The van der Waals surface area contributed by atoms with Crippen molar-refractivity contribution >= 4 is 22.7 Å². The molecule has 0 saturated heterocycles. The van der Waals surface area contributed by atoms with E-state index in [2.05, 4.69) is 11.8 Å². The van der Waals surface area contributed by atoms with E-state index in [1.807, 2.05) is 173 Å². The summed E-state index contributed by atoms with van der Waals surface area (Å²) in [5.41, 5.74) is 3.14. The Kier molecular flexibility index (Phi) is 8.86. The summed E-state index contributed by atoms with van der Waals surface area (Å²) in [5.74, 6) is 6.29. The smallest absolute Gasteiger partial charge is 0.177 e. The van der Waals surface area contributed by atoms with Gasteiger partial charge in [-0.15, -0.1) is 0 Å². The molecule has 2 N–H and O–H groups in total. The third-order valence-electron chi connectivity index (χ3n) is 7.63. The van der Waals surface area contributed by atoms with E-state index in [0.29, 0.717) is 22.3 Å². The van der Waals surface area contributed by atoms with Gasteiger partial charge in [0.15, 0.2) is 11.2 Å². The highest BCUT2D eigenvalue weighted by atomic mass is 16.3. The third kappa shape index (κ3) is 6.23. The van der Waals surface area contributed by atoms with Crippen molar-refractivity contribution in [2.75, 3.05) is 76.0 Å². The Hall–Kier alpha value is -4.44. The molecule has 0 saturated carbocycles. The standard InChI is InChI=1S/C36H42N4O2/c1-37(2)31-17-9-27(10-18-31)35(41,28-11-19-32(20-12-28)38(3)4)25-26-36(42,29-13-21-33(22-14-29)39(5)6)30-15-23-34(24-16-30)40(7)8/h9-24,41-42H,1-8H3. The van der Waals surface area contributed by atoms with Gasteiger partial charge in [-0.25, -0.2) is 0 Å². The average Bonchev–Trinajstić information content (AvgIpc) is 2.99. The number of benzene rings is 4. The quantitative estimate of drug-likeness (QED) is 0.291. The van der Waals surface area contributed by atoms with Crippen LogP contribution in [0, 0.1) is 11.8 Å². The van der Waals surface area contributed by atoms with E-state index in [1.54, 1.807) is 0 Å². The number of rotatable bonds is 8. The maximum absolute atomic E-state index is 12.4. The van der Waals surface area contributed by atoms with E-state index in [4.69, 9.17) is 0 Å². The van der Waals surface area contributed by atoms with E-state index in [9.17, 15) is 10.2 Å². The molecule has 4 rings (SSSR count). The Morgan fingerprint density at radius 1 is 0.357 bits per heavy atom. The fourth-order valence-corrected chi connectivity index (χ4v) is 4.81. The molecule has 6 nitrogen and oxygen atoms in total. The van der Waals surface area contributed by atoms with Crippen LogP contribution in [-0.4, -0.2) is 66.6 Å². The Bertz CT molecular complexity index is 1310. The Morgan fingerprint density at radius 3 is 0.667 bits per heavy atom. The monoisotopic (exact) mass is 562 g/mol. The van der Waals surface area contributed by atoms with Gasteiger partial charge in [-0.1, -0.05) is 60.4 Å². The molecule has 0 radical (unpaired) electrons. The first-order valence-electron chi connectivity index (χ1n) is 14.0. The van der Waals surface area contributed by atoms with Crippen LogP contribution in [0.4, 0.5) is 22.7 Å². The van der Waals surface area contributed by atoms with Crippen molar-refractivity contribution < 1.29 is 10.2 Å². The first kappa shape index (κ1) is 30.5. The second-order valence-electron chi connectivity index (χ2n) is 11.4. The number of nitrogens with zero attached hydrogens (tertiary/aromatic N) is 4. The molecule has 0 atom stereocenters. The molecule has 42 heavy (non-hydrogen) atoms. The third-order valence-corrected chi connectivity index (χ3v) is 7.63. The molecule has 218 valence electrons. The second kappa shape index (κ2) is 12.2. The van der Waals surface area contributed by atoms with E-state index >= 15 is 0 Å². The number of anilines is 4. The molecule has 0 spiro atoms. The minimum absolute atomic E-state index is 0.617. The first-order valence-corrected chi connectivity index (χ1v) is 14.0. The molecule has 4 aromatic rings. The van der Waals surface area contributed by atoms with Crippen molar-refractivity contribution in [2.45, 2.75) is 11.2 Å². The van der Waals surface area contributed by atoms with E-state index in [-0.39, 0.29) is 0 Å². The predicted molar refractivity (Wildman–Crippen MR) is 177 cm³/mol. The molecule has 0 aliphatic carbocycles. The Labute approximate surface area is 251 Å². The van der Waals surface area contributed by atoms with Gasteiger partial charge in [0.25, 0.3) is 0 Å². The zero-order chi connectivity index (χ0) is 30.7. The summed E-state index contributed by atoms with van der Waals surface area (Å²) in [6.07, 6.45) is 0. The highest BCUT2D eigenvalue weighted by Gasteiger charge is 2.34. The van der Waals surface area contributed by atoms with Gasteiger partial charge in [0, 0.05) is 101 Å². The highest BCUT2D eigenvalue weighted by molar-refractivity contribution is 5.58. The summed E-state index contributed by atoms with van der Waals surface area (Å²) < 4.78 is 0. The van der Waals surface area contributed by atoms with Crippen LogP contribution in [0.1, 0.15) is 22.3 Å². The van der Waals surface area contributed by atoms with Gasteiger partial charge in [0.05, 0.1) is 0 Å². The van der Waals surface area contributed by atoms with Crippen LogP contribution in [0.15, 0.2) is 97.1 Å². The lowest BCUT2D eigenvalue weighted by Crippen LogP contribution is -2.30. The van der Waals surface area contributed by atoms with E-state index in [0.717, 1.165) is 22.7 Å². The van der Waals surface area contributed by atoms with Crippen LogP contribution in [0.2, 0.25) is 0 Å². The van der Waals surface area contributed by atoms with Gasteiger partial charge in [-0.2, -0.15) is 0 Å². The van der Waals surface area contributed by atoms with Crippen molar-refractivity contribution in [3.05, 3.63) is 119 Å². The highest BCUT2D eigenvalue weighted by Crippen LogP contribution is 2.35. The fraction of sp³-hybridized carbons (Fsp3) is 0.278. The lowest BCUT2D eigenvalue weighted by Gasteiger charge is -2.28. The van der Waals surface area contributed by atoms with Crippen molar-refractivity contribution in [1.29, 1.82) is 0 Å². The molecular weight excluding hydrogens is 520 g/mol. The summed E-state index contributed by atoms with van der Waals surface area (Å²) in [4.78, 5) is 8.03. The number of aliphatic hydroxyl groups is 2. The molecule has 4 aromatic carbocycles. The minimum atomic E-state index is -1.68. The molecule has 0 aromatic heterocycles. The second-order valence-corrected chi connectivity index (χ2v) is 11.4. The number of hydrogen-bond donors (Lipinski definition) is 2. The maximum Gasteiger partial charge on any atom is 0.177 e. The maximum atomic E-state index is 12.4. The summed E-state index contributed by atoms with van der Waals surface area (Å²) in [5, 5.41) is 24.8. The van der Waals surface area contributed by atoms with Crippen LogP contribution in [0.25, 0.3) is 0 Å². The van der Waals surface area contributed by atoms with Gasteiger partial charge in [0.2, 0.25) is 0 Å². The summed E-state index contributed by atoms with van der Waals surface area (Å²) in [7, 11) is 15.8. The summed E-state index contributed by atoms with van der Waals surface area (Å²) in [6, 6.07) is 30.8. The van der Waals surface area contributed by atoms with Crippen LogP contribution in [-0.2, 0) is 11.2 Å². The van der Waals surface area contributed by atoms with E-state index in [1.165, 1.54) is 0 Å². The lowest BCUT2D eigenvalue weighted by molar-refractivity contribution is 0.133. The van der Waals surface area contributed by atoms with Crippen molar-refractivity contribution in [1.82, 2.24) is 0 Å². The summed E-state index contributed by atoms with van der Waals surface area (Å²) in [6.45, 7) is 0. The molecule has 0 heterocycles. The topological polar surface area (TPSA) is 53.4 Å². The van der Waals surface area contributed by atoms with Gasteiger partial charge in [-0.3, -0.25) is 0 Å².